The molecule has 0 aliphatic carbocycles. The zero-order chi connectivity index (χ0) is 29.5. The second-order valence-corrected chi connectivity index (χ2v) is 11.1. The number of amides is 3. The van der Waals surface area contributed by atoms with Crippen LogP contribution in [0, 0.1) is 29.3 Å². The van der Waals surface area contributed by atoms with Gasteiger partial charge in [0.1, 0.15) is 17.1 Å². The minimum Gasteiger partial charge on any atom is -0.509 e. The lowest BCUT2D eigenvalue weighted by molar-refractivity contribution is -0.160. The van der Waals surface area contributed by atoms with Gasteiger partial charge in [0.25, 0.3) is 11.8 Å². The van der Waals surface area contributed by atoms with E-state index in [0.717, 1.165) is 17.5 Å². The van der Waals surface area contributed by atoms with Crippen molar-refractivity contribution in [2.75, 3.05) is 25.0 Å². The van der Waals surface area contributed by atoms with E-state index in [1.54, 1.807) is 16.8 Å². The summed E-state index contributed by atoms with van der Waals surface area (Å²) in [6.07, 6.45) is 2.16. The Bertz CT molecular complexity index is 1550. The molecular weight excluding hydrogens is 605 g/mol. The Hall–Kier alpha value is -3.82. The zero-order valence-corrected chi connectivity index (χ0v) is 23.7. The maximum Gasteiger partial charge on any atom is 0.277 e. The molecule has 3 aliphatic rings. The van der Waals surface area contributed by atoms with Gasteiger partial charge in [-0.1, -0.05) is 17.9 Å². The zero-order valence-electron chi connectivity index (χ0n) is 22.1. The molecule has 2 N–H and O–H groups in total. The van der Waals surface area contributed by atoms with Crippen LogP contribution in [0.1, 0.15) is 43.7 Å². The predicted octanol–water partition coefficient (Wildman–Crippen LogP) is 4.40. The highest BCUT2D eigenvalue weighted by Gasteiger charge is 2.52. The van der Waals surface area contributed by atoms with Crippen LogP contribution >= 0.6 is 15.9 Å². The van der Waals surface area contributed by atoms with Crippen molar-refractivity contribution in [3.8, 4) is 11.8 Å². The van der Waals surface area contributed by atoms with Gasteiger partial charge in [0.2, 0.25) is 5.91 Å². The first-order valence-corrected chi connectivity index (χ1v) is 13.8. The fourth-order valence-corrected chi connectivity index (χ4v) is 5.63. The van der Waals surface area contributed by atoms with Crippen molar-refractivity contribution >= 4 is 39.3 Å². The molecule has 3 amide bonds. The average Bonchev–Trinajstić information content (AvgIpc) is 3.53. The van der Waals surface area contributed by atoms with Gasteiger partial charge in [-0.05, 0) is 66.4 Å². The van der Waals surface area contributed by atoms with Crippen molar-refractivity contribution in [3.05, 3.63) is 74.7 Å². The molecule has 214 valence electrons. The molecule has 12 heteroatoms. The number of nitrogens with one attached hydrogen (secondary N) is 1. The molecule has 2 fully saturated rings. The third-order valence-corrected chi connectivity index (χ3v) is 8.28. The number of rotatable bonds is 5. The second kappa shape index (κ2) is 11.2. The summed E-state index contributed by atoms with van der Waals surface area (Å²) in [4.78, 5) is 40.1. The van der Waals surface area contributed by atoms with E-state index in [1.165, 1.54) is 24.3 Å². The number of hydrogen-bond acceptors (Lipinski definition) is 5. The molecule has 1 atom stereocenters. The highest BCUT2D eigenvalue weighted by molar-refractivity contribution is 9.10. The number of carbonyl (C=O) groups excluding carboxylic acids is 3. The molecule has 2 saturated heterocycles. The number of halogens is 4. The van der Waals surface area contributed by atoms with E-state index >= 15 is 4.39 Å². The van der Waals surface area contributed by atoms with Crippen LogP contribution in [0.15, 0.2) is 46.1 Å². The highest BCUT2D eigenvalue weighted by atomic mass is 79.9. The SMILES string of the molecule is C[C@]12CCCN1N(Cc1ccc(C#CCN3CCCC3=O)c(F)c1F)C(=O)C(C(=O)Nc1ccc(Br)c(F)c1)=C2O. The maximum absolute atomic E-state index is 15.2. The number of hydrogen-bond donors (Lipinski definition) is 2. The summed E-state index contributed by atoms with van der Waals surface area (Å²) in [5, 5.41) is 16.2. The van der Waals surface area contributed by atoms with Gasteiger partial charge in [0.05, 0.1) is 28.7 Å². The molecule has 41 heavy (non-hydrogen) atoms. The lowest BCUT2D eigenvalue weighted by Crippen LogP contribution is -2.60. The van der Waals surface area contributed by atoms with Crippen LogP contribution in [-0.2, 0) is 20.9 Å². The van der Waals surface area contributed by atoms with Gasteiger partial charge in [-0.3, -0.25) is 19.4 Å². The molecule has 0 spiro atoms. The van der Waals surface area contributed by atoms with Gasteiger partial charge in [0, 0.05) is 30.8 Å². The largest absolute Gasteiger partial charge is 0.509 e. The summed E-state index contributed by atoms with van der Waals surface area (Å²) >= 11 is 3.03. The van der Waals surface area contributed by atoms with Crippen LogP contribution < -0.4 is 5.32 Å². The van der Waals surface area contributed by atoms with Crippen molar-refractivity contribution in [1.29, 1.82) is 0 Å². The molecule has 3 aliphatic heterocycles. The Balaban J connectivity index is 1.40. The first-order chi connectivity index (χ1) is 19.5. The maximum atomic E-state index is 15.2. The quantitative estimate of drug-likeness (QED) is 0.377. The average molecular weight is 631 g/mol. The molecule has 0 unspecified atom stereocenters. The summed E-state index contributed by atoms with van der Waals surface area (Å²) in [5.41, 5.74) is -1.98. The molecule has 2 aromatic carbocycles. The highest BCUT2D eigenvalue weighted by Crippen LogP contribution is 2.42. The summed E-state index contributed by atoms with van der Waals surface area (Å²) in [6, 6.07) is 6.47. The van der Waals surface area contributed by atoms with Gasteiger partial charge in [-0.15, -0.1) is 0 Å². The summed E-state index contributed by atoms with van der Waals surface area (Å²) in [7, 11) is 0. The number of fused-ring (bicyclic) bond motifs is 1. The van der Waals surface area contributed by atoms with Crippen LogP contribution in [0.25, 0.3) is 0 Å². The fourth-order valence-electron chi connectivity index (χ4n) is 5.39. The molecule has 2 aromatic rings. The standard InChI is InChI=1S/C29H26BrF3N4O4/c1-29-11-4-14-37(29)36(28(41)23(26(29)39)27(40)34-19-9-10-20(30)21(31)15-19)16-18-8-7-17(24(32)25(18)33)5-2-12-35-13-3-6-22(35)38/h7-10,15,39H,3-4,6,11-14,16H2,1H3,(H,34,40)/t29-/m1/s1. The Labute approximate surface area is 242 Å². The van der Waals surface area contributed by atoms with E-state index in [9.17, 15) is 28.3 Å². The number of likely N-dealkylation sites (tertiary alicyclic amines) is 1. The van der Waals surface area contributed by atoms with E-state index in [4.69, 9.17) is 0 Å². The van der Waals surface area contributed by atoms with Gasteiger partial charge in [0.15, 0.2) is 11.6 Å². The Morgan fingerprint density at radius 1 is 1.12 bits per heavy atom. The Morgan fingerprint density at radius 3 is 2.61 bits per heavy atom. The molecule has 0 saturated carbocycles. The number of benzene rings is 2. The summed E-state index contributed by atoms with van der Waals surface area (Å²) in [5.74, 6) is -0.0859. The molecule has 3 heterocycles. The smallest absolute Gasteiger partial charge is 0.277 e. The second-order valence-electron chi connectivity index (χ2n) is 10.3. The van der Waals surface area contributed by atoms with Gasteiger partial charge < -0.3 is 15.3 Å². The third-order valence-electron chi connectivity index (χ3n) is 7.64. The van der Waals surface area contributed by atoms with E-state index in [-0.39, 0.29) is 33.7 Å². The molecule has 8 nitrogen and oxygen atoms in total. The van der Waals surface area contributed by atoms with Crippen LogP contribution in [0.5, 0.6) is 0 Å². The fraction of sp³-hybridized carbons (Fsp3) is 0.345. The van der Waals surface area contributed by atoms with Crippen LogP contribution in [0.2, 0.25) is 0 Å². The molecular formula is C29H26BrF3N4O4. The van der Waals surface area contributed by atoms with Crippen molar-refractivity contribution in [3.63, 3.8) is 0 Å². The number of anilines is 1. The Morgan fingerprint density at radius 2 is 1.90 bits per heavy atom. The van der Waals surface area contributed by atoms with Gasteiger partial charge in [-0.2, -0.15) is 0 Å². The first kappa shape index (κ1) is 28.7. The van der Waals surface area contributed by atoms with Crippen molar-refractivity contribution in [2.45, 2.75) is 44.7 Å². The van der Waals surface area contributed by atoms with E-state index in [2.05, 4.69) is 33.1 Å². The summed E-state index contributed by atoms with van der Waals surface area (Å²) in [6.45, 7) is 2.27. The minimum absolute atomic E-state index is 0.0291. The van der Waals surface area contributed by atoms with Crippen LogP contribution in [0.3, 0.4) is 0 Å². The number of carbonyl (C=O) groups is 3. The lowest BCUT2D eigenvalue weighted by Gasteiger charge is -2.46. The predicted molar refractivity (Wildman–Crippen MR) is 146 cm³/mol. The van der Waals surface area contributed by atoms with Crippen molar-refractivity contribution in [2.24, 2.45) is 0 Å². The molecule has 0 radical (unpaired) electrons. The van der Waals surface area contributed by atoms with E-state index in [1.807, 2.05) is 0 Å². The van der Waals surface area contributed by atoms with Crippen molar-refractivity contribution < 1.29 is 32.7 Å². The van der Waals surface area contributed by atoms with Crippen LogP contribution in [0.4, 0.5) is 18.9 Å². The first-order valence-electron chi connectivity index (χ1n) is 13.0. The molecule has 5 rings (SSSR count). The van der Waals surface area contributed by atoms with Gasteiger partial charge in [-0.25, -0.2) is 18.2 Å². The molecule has 0 bridgehead atoms. The monoisotopic (exact) mass is 630 g/mol. The topological polar surface area (TPSA) is 93.2 Å². The number of nitrogens with zero attached hydrogens (tertiary/aromatic N) is 3. The van der Waals surface area contributed by atoms with E-state index in [0.29, 0.717) is 32.4 Å². The summed E-state index contributed by atoms with van der Waals surface area (Å²) < 4.78 is 44.4. The number of aliphatic hydroxyl groups is 1. The molecule has 0 aromatic heterocycles. The van der Waals surface area contributed by atoms with Crippen LogP contribution in [-0.4, -0.2) is 62.9 Å². The van der Waals surface area contributed by atoms with Crippen molar-refractivity contribution in [1.82, 2.24) is 14.9 Å². The third kappa shape index (κ3) is 5.31. The minimum atomic E-state index is -1.20. The Kier molecular flexibility index (Phi) is 7.85. The van der Waals surface area contributed by atoms with Gasteiger partial charge >= 0.3 is 0 Å². The number of hydrazine groups is 1. The lowest BCUT2D eigenvalue weighted by atomic mass is 9.90. The normalized spacial score (nSPS) is 20.8. The number of aliphatic hydroxyl groups excluding tert-OH is 1. The van der Waals surface area contributed by atoms with E-state index < -0.39 is 52.7 Å².